The van der Waals surface area contributed by atoms with Crippen LogP contribution in [0.25, 0.3) is 0 Å². The van der Waals surface area contributed by atoms with Crippen LogP contribution < -0.4 is 15.8 Å². The summed E-state index contributed by atoms with van der Waals surface area (Å²) in [4.78, 5) is 0. The Morgan fingerprint density at radius 1 is 1.53 bits per heavy atom. The van der Waals surface area contributed by atoms with Gasteiger partial charge in [0.15, 0.2) is 0 Å². The van der Waals surface area contributed by atoms with Gasteiger partial charge in [-0.15, -0.1) is 0 Å². The average molecular weight is 212 g/mol. The Labute approximate surface area is 89.4 Å². The quantitative estimate of drug-likeness (QED) is 0.776. The number of halogens is 1. The molecule has 0 heterocycles. The number of hydrogen-bond acceptors (Lipinski definition) is 3. The third kappa shape index (κ3) is 3.18. The number of hydrogen-bond donors (Lipinski definition) is 2. The third-order valence-corrected chi connectivity index (χ3v) is 2.21. The van der Waals surface area contributed by atoms with Crippen LogP contribution >= 0.6 is 0 Å². The fraction of sp³-hybridized carbons (Fsp3) is 0.455. The average Bonchev–Trinajstić information content (AvgIpc) is 2.25. The van der Waals surface area contributed by atoms with Crippen molar-refractivity contribution in [2.45, 2.75) is 13.0 Å². The largest absolute Gasteiger partial charge is 0.496 e. The van der Waals surface area contributed by atoms with Gasteiger partial charge in [-0.05, 0) is 24.7 Å². The van der Waals surface area contributed by atoms with E-state index in [4.69, 9.17) is 10.5 Å². The first-order valence-corrected chi connectivity index (χ1v) is 4.98. The minimum Gasteiger partial charge on any atom is -0.496 e. The maximum Gasteiger partial charge on any atom is 0.123 e. The zero-order valence-corrected chi connectivity index (χ0v) is 9.09. The van der Waals surface area contributed by atoms with Gasteiger partial charge in [0.25, 0.3) is 0 Å². The standard InChI is InChI=1S/C11H17FN2O/c1-3-14-7-10(13)9-6-8(12)4-5-11(9)15-2/h4-6,10,14H,3,7,13H2,1-2H3. The Morgan fingerprint density at radius 3 is 2.87 bits per heavy atom. The maximum atomic E-state index is 13.0. The van der Waals surface area contributed by atoms with Crippen LogP contribution in [-0.4, -0.2) is 20.2 Å². The predicted octanol–water partition coefficient (Wildman–Crippen LogP) is 1.44. The van der Waals surface area contributed by atoms with Crippen LogP contribution in [0.1, 0.15) is 18.5 Å². The Kier molecular flexibility index (Phi) is 4.52. The summed E-state index contributed by atoms with van der Waals surface area (Å²) < 4.78 is 18.2. The Morgan fingerprint density at radius 2 is 2.27 bits per heavy atom. The highest BCUT2D eigenvalue weighted by atomic mass is 19.1. The Bertz CT molecular complexity index is 317. The van der Waals surface area contributed by atoms with E-state index in [1.807, 2.05) is 6.92 Å². The van der Waals surface area contributed by atoms with Crippen LogP contribution in [0, 0.1) is 5.82 Å². The van der Waals surface area contributed by atoms with Gasteiger partial charge in [-0.25, -0.2) is 4.39 Å². The van der Waals surface area contributed by atoms with Gasteiger partial charge in [0.2, 0.25) is 0 Å². The van der Waals surface area contributed by atoms with Gasteiger partial charge < -0.3 is 15.8 Å². The van der Waals surface area contributed by atoms with Gasteiger partial charge in [-0.1, -0.05) is 6.92 Å². The van der Waals surface area contributed by atoms with Crippen molar-refractivity contribution >= 4 is 0 Å². The molecule has 0 saturated heterocycles. The van der Waals surface area contributed by atoms with Gasteiger partial charge in [-0.3, -0.25) is 0 Å². The fourth-order valence-electron chi connectivity index (χ4n) is 1.40. The molecule has 0 saturated carbocycles. The van der Waals surface area contributed by atoms with Crippen LogP contribution in [-0.2, 0) is 0 Å². The molecule has 3 nitrogen and oxygen atoms in total. The molecule has 0 aliphatic carbocycles. The Hall–Kier alpha value is -1.13. The molecule has 1 aromatic carbocycles. The molecule has 1 rings (SSSR count). The monoisotopic (exact) mass is 212 g/mol. The van der Waals surface area contributed by atoms with Crippen molar-refractivity contribution < 1.29 is 9.13 Å². The molecule has 0 aliphatic rings. The van der Waals surface area contributed by atoms with Gasteiger partial charge >= 0.3 is 0 Å². The lowest BCUT2D eigenvalue weighted by molar-refractivity contribution is 0.403. The first-order valence-electron chi connectivity index (χ1n) is 4.98. The van der Waals surface area contributed by atoms with E-state index in [0.29, 0.717) is 17.9 Å². The zero-order valence-electron chi connectivity index (χ0n) is 9.09. The van der Waals surface area contributed by atoms with E-state index >= 15 is 0 Å². The number of ether oxygens (including phenoxy) is 1. The number of likely N-dealkylation sites (N-methyl/N-ethyl adjacent to an activating group) is 1. The first-order chi connectivity index (χ1) is 7.19. The second-order valence-corrected chi connectivity index (χ2v) is 3.30. The normalized spacial score (nSPS) is 12.5. The van der Waals surface area contributed by atoms with Crippen molar-refractivity contribution in [1.82, 2.24) is 5.32 Å². The van der Waals surface area contributed by atoms with Crippen LogP contribution in [0.2, 0.25) is 0 Å². The topological polar surface area (TPSA) is 47.3 Å². The lowest BCUT2D eigenvalue weighted by Gasteiger charge is -2.15. The molecule has 0 amide bonds. The van der Waals surface area contributed by atoms with Crippen molar-refractivity contribution in [3.63, 3.8) is 0 Å². The van der Waals surface area contributed by atoms with Crippen LogP contribution in [0.5, 0.6) is 5.75 Å². The molecule has 84 valence electrons. The molecule has 0 aromatic heterocycles. The summed E-state index contributed by atoms with van der Waals surface area (Å²) in [6, 6.07) is 4.12. The summed E-state index contributed by atoms with van der Waals surface area (Å²) in [6.07, 6.45) is 0. The number of nitrogens with one attached hydrogen (secondary N) is 1. The third-order valence-electron chi connectivity index (χ3n) is 2.21. The van der Waals surface area contributed by atoms with Crippen LogP contribution in [0.15, 0.2) is 18.2 Å². The minimum atomic E-state index is -0.294. The lowest BCUT2D eigenvalue weighted by atomic mass is 10.1. The van der Waals surface area contributed by atoms with E-state index in [-0.39, 0.29) is 11.9 Å². The van der Waals surface area contributed by atoms with Crippen molar-refractivity contribution in [3.05, 3.63) is 29.6 Å². The summed E-state index contributed by atoms with van der Waals surface area (Å²) in [6.45, 7) is 3.44. The van der Waals surface area contributed by atoms with Gasteiger partial charge in [-0.2, -0.15) is 0 Å². The van der Waals surface area contributed by atoms with E-state index in [0.717, 1.165) is 6.54 Å². The van der Waals surface area contributed by atoms with Crippen molar-refractivity contribution in [2.24, 2.45) is 5.73 Å². The molecule has 0 aliphatic heterocycles. The molecule has 0 spiro atoms. The van der Waals surface area contributed by atoms with E-state index in [1.165, 1.54) is 12.1 Å². The molecule has 15 heavy (non-hydrogen) atoms. The summed E-state index contributed by atoms with van der Waals surface area (Å²) in [7, 11) is 1.55. The number of benzene rings is 1. The highest BCUT2D eigenvalue weighted by molar-refractivity contribution is 5.36. The highest BCUT2D eigenvalue weighted by Gasteiger charge is 2.12. The number of methoxy groups -OCH3 is 1. The SMILES string of the molecule is CCNCC(N)c1cc(F)ccc1OC. The molecule has 0 radical (unpaired) electrons. The Balaban J connectivity index is 2.85. The van der Waals surface area contributed by atoms with Crippen LogP contribution in [0.3, 0.4) is 0 Å². The number of nitrogens with two attached hydrogens (primary N) is 1. The van der Waals surface area contributed by atoms with Crippen molar-refractivity contribution in [1.29, 1.82) is 0 Å². The second-order valence-electron chi connectivity index (χ2n) is 3.30. The smallest absolute Gasteiger partial charge is 0.123 e. The first kappa shape index (κ1) is 11.9. The van der Waals surface area contributed by atoms with Crippen molar-refractivity contribution in [2.75, 3.05) is 20.2 Å². The highest BCUT2D eigenvalue weighted by Crippen LogP contribution is 2.24. The summed E-state index contributed by atoms with van der Waals surface area (Å²) in [5.74, 6) is 0.333. The van der Waals surface area contributed by atoms with Gasteiger partial charge in [0.1, 0.15) is 11.6 Å². The predicted molar refractivity (Wildman–Crippen MR) is 58.4 cm³/mol. The summed E-state index contributed by atoms with van der Waals surface area (Å²) >= 11 is 0. The molecule has 3 N–H and O–H groups in total. The molecule has 1 atom stereocenters. The summed E-state index contributed by atoms with van der Waals surface area (Å²) in [5, 5.41) is 3.11. The van der Waals surface area contributed by atoms with Crippen molar-refractivity contribution in [3.8, 4) is 5.75 Å². The maximum absolute atomic E-state index is 13.0. The fourth-order valence-corrected chi connectivity index (χ4v) is 1.40. The molecule has 0 fully saturated rings. The summed E-state index contributed by atoms with van der Waals surface area (Å²) in [5.41, 5.74) is 6.61. The second kappa shape index (κ2) is 5.68. The van der Waals surface area contributed by atoms with E-state index in [9.17, 15) is 4.39 Å². The molecular weight excluding hydrogens is 195 g/mol. The van der Waals surface area contributed by atoms with E-state index < -0.39 is 0 Å². The van der Waals surface area contributed by atoms with Crippen LogP contribution in [0.4, 0.5) is 4.39 Å². The zero-order chi connectivity index (χ0) is 11.3. The van der Waals surface area contributed by atoms with E-state index in [1.54, 1.807) is 13.2 Å². The molecule has 1 aromatic rings. The minimum absolute atomic E-state index is 0.254. The van der Waals surface area contributed by atoms with Gasteiger partial charge in [0.05, 0.1) is 7.11 Å². The molecule has 0 bridgehead atoms. The van der Waals surface area contributed by atoms with E-state index in [2.05, 4.69) is 5.32 Å². The molecular formula is C11H17FN2O. The lowest BCUT2D eigenvalue weighted by Crippen LogP contribution is -2.27. The molecule has 1 unspecified atom stereocenters. The number of rotatable bonds is 5. The van der Waals surface area contributed by atoms with Gasteiger partial charge in [0, 0.05) is 18.2 Å². The molecule has 4 heteroatoms.